The predicted octanol–water partition coefficient (Wildman–Crippen LogP) is 4.60. The van der Waals surface area contributed by atoms with Gasteiger partial charge in [-0.25, -0.2) is 14.3 Å². The van der Waals surface area contributed by atoms with E-state index in [9.17, 15) is 4.57 Å². The second-order valence-electron chi connectivity index (χ2n) is 4.33. The molecular formula is C15H16ClO6P. The van der Waals surface area contributed by atoms with Crippen LogP contribution in [0.25, 0.3) is 0 Å². The topological polar surface area (TPSA) is 63.2 Å². The first kappa shape index (κ1) is 18.1. The van der Waals surface area contributed by atoms with Gasteiger partial charge in [0.2, 0.25) is 0 Å². The average Bonchev–Trinajstić information content (AvgIpc) is 2.57. The summed E-state index contributed by atoms with van der Waals surface area (Å²) in [4.78, 5) is 9.78. The van der Waals surface area contributed by atoms with Crippen molar-refractivity contribution in [3.8, 4) is 0 Å². The van der Waals surface area contributed by atoms with Gasteiger partial charge in [-0.1, -0.05) is 72.3 Å². The van der Waals surface area contributed by atoms with Gasteiger partial charge in [0.25, 0.3) is 0 Å². The van der Waals surface area contributed by atoms with E-state index in [1.165, 1.54) is 0 Å². The third-order valence-corrected chi connectivity index (χ3v) is 3.91. The van der Waals surface area contributed by atoms with Crippen LogP contribution in [0.3, 0.4) is 0 Å². The summed E-state index contributed by atoms with van der Waals surface area (Å²) in [5.74, 6) is 0. The van der Waals surface area contributed by atoms with Crippen molar-refractivity contribution in [2.45, 2.75) is 13.2 Å². The summed E-state index contributed by atoms with van der Waals surface area (Å²) in [6.07, 6.45) is 0. The van der Waals surface area contributed by atoms with E-state index in [1.807, 2.05) is 60.7 Å². The Hall–Kier alpha value is -1.24. The second-order valence-corrected chi connectivity index (χ2v) is 6.00. The Morgan fingerprint density at radius 1 is 0.783 bits per heavy atom. The number of benzene rings is 2. The smallest absolute Gasteiger partial charge is 0.268 e. The summed E-state index contributed by atoms with van der Waals surface area (Å²) in [7, 11) is -4.07. The summed E-state index contributed by atoms with van der Waals surface area (Å²) in [6.45, 7) is 0.136. The number of hydrogen-bond donors (Lipinski definition) is 0. The first-order valence-corrected chi connectivity index (χ1v) is 8.72. The molecule has 0 amide bonds. The van der Waals surface area contributed by atoms with Gasteiger partial charge in [-0.2, -0.15) is 0 Å². The van der Waals surface area contributed by atoms with Crippen LogP contribution in [0.15, 0.2) is 60.7 Å². The second kappa shape index (κ2) is 9.80. The lowest BCUT2D eigenvalue weighted by Gasteiger charge is -2.14. The van der Waals surface area contributed by atoms with Gasteiger partial charge in [-0.05, 0) is 11.1 Å². The molecule has 0 aliphatic heterocycles. The molecule has 0 aromatic heterocycles. The van der Waals surface area contributed by atoms with Gasteiger partial charge in [0.1, 0.15) is 19.3 Å². The van der Waals surface area contributed by atoms with Crippen molar-refractivity contribution in [3.63, 3.8) is 0 Å². The molecule has 0 fully saturated rings. The lowest BCUT2D eigenvalue weighted by atomic mass is 10.2. The van der Waals surface area contributed by atoms with Crippen molar-refractivity contribution < 1.29 is 28.2 Å². The molecule has 0 spiro atoms. The van der Waals surface area contributed by atoms with Gasteiger partial charge in [0.05, 0.1) is 0 Å². The quantitative estimate of drug-likeness (QED) is 0.267. The van der Waals surface area contributed by atoms with Gasteiger partial charge in [-0.3, -0.25) is 4.52 Å². The molecule has 0 saturated carbocycles. The fourth-order valence-electron chi connectivity index (χ4n) is 1.58. The Balaban J connectivity index is 1.79. The minimum atomic E-state index is -4.07. The monoisotopic (exact) mass is 358 g/mol. The molecule has 0 radical (unpaired) electrons. The molecule has 124 valence electrons. The molecule has 0 bridgehead atoms. The van der Waals surface area contributed by atoms with Crippen molar-refractivity contribution in [1.82, 2.24) is 0 Å². The van der Waals surface area contributed by atoms with Crippen LogP contribution in [0.2, 0.25) is 0 Å². The highest BCUT2D eigenvalue weighted by Crippen LogP contribution is 2.50. The van der Waals surface area contributed by atoms with E-state index >= 15 is 0 Å². The summed E-state index contributed by atoms with van der Waals surface area (Å²) >= 11 is 5.41. The number of alkyl halides is 1. The first-order valence-electron chi connectivity index (χ1n) is 6.73. The summed E-state index contributed by atoms with van der Waals surface area (Å²) in [5, 5.41) is 0. The van der Waals surface area contributed by atoms with Crippen LogP contribution in [0, 0.1) is 0 Å². The van der Waals surface area contributed by atoms with Crippen LogP contribution >= 0.6 is 19.4 Å². The molecule has 2 rings (SSSR count). The summed E-state index contributed by atoms with van der Waals surface area (Å²) in [6, 6.07) is 18.0. The molecule has 2 aromatic rings. The van der Waals surface area contributed by atoms with Gasteiger partial charge >= 0.3 is 7.82 Å². The first-order chi connectivity index (χ1) is 11.2. The number of rotatable bonds is 10. The van der Waals surface area contributed by atoms with Gasteiger partial charge < -0.3 is 0 Å². The highest BCUT2D eigenvalue weighted by atomic mass is 35.5. The molecular weight excluding hydrogens is 343 g/mol. The minimum Gasteiger partial charge on any atom is -0.268 e. The fraction of sp³-hybridized carbons (Fsp3) is 0.200. The van der Waals surface area contributed by atoms with Crippen molar-refractivity contribution in [2.75, 3.05) is 6.07 Å². The minimum absolute atomic E-state index is 0.0680. The zero-order chi connectivity index (χ0) is 16.4. The maximum absolute atomic E-state index is 12.2. The molecule has 0 N–H and O–H groups in total. The number of hydrogen-bond acceptors (Lipinski definition) is 6. The summed E-state index contributed by atoms with van der Waals surface area (Å²) < 4.78 is 26.4. The Kier molecular flexibility index (Phi) is 7.71. The van der Waals surface area contributed by atoms with E-state index in [-0.39, 0.29) is 13.2 Å². The van der Waals surface area contributed by atoms with Crippen molar-refractivity contribution >= 4 is 19.4 Å². The molecule has 0 aliphatic rings. The third-order valence-electron chi connectivity index (χ3n) is 2.63. The SMILES string of the molecule is O=P(OCCl)(OOCc1ccccc1)OOCc1ccccc1. The lowest BCUT2D eigenvalue weighted by Crippen LogP contribution is -2.02. The number of halogens is 1. The molecule has 2 aromatic carbocycles. The number of phosphoric acid groups is 1. The highest BCUT2D eigenvalue weighted by molar-refractivity contribution is 7.48. The van der Waals surface area contributed by atoms with Crippen LogP contribution in [-0.4, -0.2) is 6.07 Å². The Morgan fingerprint density at radius 3 is 1.61 bits per heavy atom. The van der Waals surface area contributed by atoms with Crippen molar-refractivity contribution in [3.05, 3.63) is 71.8 Å². The Morgan fingerprint density at radius 2 is 1.22 bits per heavy atom. The third kappa shape index (κ3) is 6.81. The van der Waals surface area contributed by atoms with E-state index < -0.39 is 13.9 Å². The zero-order valence-corrected chi connectivity index (χ0v) is 13.8. The molecule has 0 aliphatic carbocycles. The molecule has 0 atom stereocenters. The maximum Gasteiger partial charge on any atom is 0.530 e. The molecule has 8 heteroatoms. The predicted molar refractivity (Wildman–Crippen MR) is 84.0 cm³/mol. The average molecular weight is 359 g/mol. The standard InChI is InChI=1S/C15H16ClO6P/c16-13-20-23(17,21-18-11-14-7-3-1-4-8-14)22-19-12-15-9-5-2-6-10-15/h1-10H,11-13H2. The van der Waals surface area contributed by atoms with Gasteiger partial charge in [-0.15, -0.1) is 9.35 Å². The molecule has 0 unspecified atom stereocenters. The van der Waals surface area contributed by atoms with E-state index in [0.717, 1.165) is 11.1 Å². The normalized spacial score (nSPS) is 11.5. The zero-order valence-electron chi connectivity index (χ0n) is 12.2. The highest BCUT2D eigenvalue weighted by Gasteiger charge is 2.30. The summed E-state index contributed by atoms with van der Waals surface area (Å²) in [5.41, 5.74) is 1.66. The fourth-order valence-corrected chi connectivity index (χ4v) is 2.53. The van der Waals surface area contributed by atoms with Crippen LogP contribution in [0.1, 0.15) is 11.1 Å². The van der Waals surface area contributed by atoms with Crippen LogP contribution < -0.4 is 0 Å². The van der Waals surface area contributed by atoms with Crippen LogP contribution in [-0.2, 0) is 41.4 Å². The van der Waals surface area contributed by atoms with E-state index in [1.54, 1.807) is 0 Å². The Bertz CT molecular complexity index is 560. The Labute approximate surface area is 139 Å². The van der Waals surface area contributed by atoms with Gasteiger partial charge in [0, 0.05) is 0 Å². The van der Waals surface area contributed by atoms with Crippen LogP contribution in [0.4, 0.5) is 0 Å². The largest absolute Gasteiger partial charge is 0.530 e. The van der Waals surface area contributed by atoms with E-state index in [4.69, 9.17) is 35.2 Å². The molecule has 0 heterocycles. The molecule has 6 nitrogen and oxygen atoms in total. The maximum atomic E-state index is 12.2. The molecule has 0 saturated heterocycles. The van der Waals surface area contributed by atoms with Crippen LogP contribution in [0.5, 0.6) is 0 Å². The van der Waals surface area contributed by atoms with Crippen molar-refractivity contribution in [2.24, 2.45) is 0 Å². The molecule has 23 heavy (non-hydrogen) atoms. The van der Waals surface area contributed by atoms with Gasteiger partial charge in [0.15, 0.2) is 0 Å². The van der Waals surface area contributed by atoms with E-state index in [0.29, 0.717) is 0 Å². The lowest BCUT2D eigenvalue weighted by molar-refractivity contribution is -0.290. The van der Waals surface area contributed by atoms with E-state index in [2.05, 4.69) is 0 Å². The van der Waals surface area contributed by atoms with Crippen molar-refractivity contribution in [1.29, 1.82) is 0 Å².